The Morgan fingerprint density at radius 2 is 1.47 bits per heavy atom. The number of para-hydroxylation sites is 3. The molecule has 0 saturated carbocycles. The van der Waals surface area contributed by atoms with E-state index in [0.717, 1.165) is 16.8 Å². The molecule has 8 rings (SSSR count). The third-order valence-electron chi connectivity index (χ3n) is 6.59. The van der Waals surface area contributed by atoms with Crippen molar-refractivity contribution in [2.24, 2.45) is 0 Å². The summed E-state index contributed by atoms with van der Waals surface area (Å²) in [7, 11) is 0. The highest BCUT2D eigenvalue weighted by molar-refractivity contribution is 8.00. The lowest BCUT2D eigenvalue weighted by molar-refractivity contribution is 1.11. The highest BCUT2D eigenvalue weighted by atomic mass is 32.2. The van der Waals surface area contributed by atoms with E-state index in [0.29, 0.717) is 0 Å². The first-order chi connectivity index (χ1) is 14.9. The van der Waals surface area contributed by atoms with Gasteiger partial charge in [-0.2, -0.15) is 0 Å². The molecule has 0 unspecified atom stereocenters. The van der Waals surface area contributed by atoms with Crippen LogP contribution in [-0.2, 0) is 0 Å². The molecule has 0 aliphatic carbocycles. The van der Waals surface area contributed by atoms with Gasteiger partial charge in [0, 0.05) is 15.5 Å². The maximum Gasteiger partial charge on any atom is 0.249 e. The standard InChI is InChI=1S/C25H14BN3S/c1-4-13-21-15(7-1)26-16-8-5-12-20-24(16)29(19-11-6-14-22(30-21)23(19)26)25-27-17-9-2-3-10-18(17)28(20)25/h1-14H. The molecular formula is C25H14BN3S. The molecule has 0 atom stereocenters. The lowest BCUT2D eigenvalue weighted by Gasteiger charge is -2.32. The van der Waals surface area contributed by atoms with Gasteiger partial charge in [0.1, 0.15) is 0 Å². The van der Waals surface area contributed by atoms with Crippen LogP contribution >= 0.6 is 11.8 Å². The van der Waals surface area contributed by atoms with Gasteiger partial charge in [-0.3, -0.25) is 8.97 Å². The normalized spacial score (nSPS) is 13.8. The zero-order valence-corrected chi connectivity index (χ0v) is 16.7. The fourth-order valence-electron chi connectivity index (χ4n) is 5.45. The maximum absolute atomic E-state index is 5.06. The number of rotatable bonds is 0. The molecule has 2 aliphatic rings. The Balaban J connectivity index is 1.64. The minimum Gasteiger partial charge on any atom is -0.279 e. The van der Waals surface area contributed by atoms with Crippen LogP contribution in [0.25, 0.3) is 33.5 Å². The number of nitrogens with zero attached hydrogens (tertiary/aromatic N) is 3. The van der Waals surface area contributed by atoms with Gasteiger partial charge in [-0.15, -0.1) is 0 Å². The van der Waals surface area contributed by atoms with Gasteiger partial charge in [0.15, 0.2) is 0 Å². The summed E-state index contributed by atoms with van der Waals surface area (Å²) in [5.41, 5.74) is 10.1. The molecule has 0 fully saturated rings. The van der Waals surface area contributed by atoms with E-state index in [2.05, 4.69) is 93.9 Å². The maximum atomic E-state index is 5.06. The summed E-state index contributed by atoms with van der Waals surface area (Å²) in [4.78, 5) is 7.77. The Labute approximate surface area is 177 Å². The molecule has 0 saturated heterocycles. The topological polar surface area (TPSA) is 22.2 Å². The summed E-state index contributed by atoms with van der Waals surface area (Å²) in [5, 5.41) is 0. The molecule has 0 amide bonds. The summed E-state index contributed by atoms with van der Waals surface area (Å²) >= 11 is 1.89. The minimum atomic E-state index is 0.260. The van der Waals surface area contributed by atoms with Crippen molar-refractivity contribution in [1.82, 2.24) is 14.0 Å². The van der Waals surface area contributed by atoms with E-state index in [9.17, 15) is 0 Å². The van der Waals surface area contributed by atoms with Crippen molar-refractivity contribution in [2.75, 3.05) is 0 Å². The van der Waals surface area contributed by atoms with Gasteiger partial charge in [0.25, 0.3) is 0 Å². The van der Waals surface area contributed by atoms with Crippen LogP contribution in [0.3, 0.4) is 0 Å². The number of imidazole rings is 2. The lowest BCUT2D eigenvalue weighted by atomic mass is 9.35. The number of fused-ring (bicyclic) bond motifs is 9. The Bertz CT molecular complexity index is 1690. The molecular weight excluding hydrogens is 385 g/mol. The molecule has 4 aromatic carbocycles. The number of hydrogen-bond donors (Lipinski definition) is 0. The predicted octanol–water partition coefficient (Wildman–Crippen LogP) is 3.73. The Morgan fingerprint density at radius 1 is 0.700 bits per heavy atom. The summed E-state index contributed by atoms with van der Waals surface area (Å²) in [5.74, 6) is 0.995. The minimum absolute atomic E-state index is 0.260. The summed E-state index contributed by atoms with van der Waals surface area (Å²) < 4.78 is 4.71. The number of hydrogen-bond acceptors (Lipinski definition) is 2. The molecule has 30 heavy (non-hydrogen) atoms. The molecule has 0 N–H and O–H groups in total. The van der Waals surface area contributed by atoms with Crippen molar-refractivity contribution < 1.29 is 0 Å². The van der Waals surface area contributed by atoms with Crippen molar-refractivity contribution in [3.8, 4) is 5.69 Å². The van der Waals surface area contributed by atoms with Crippen molar-refractivity contribution >= 4 is 62.7 Å². The second-order valence-electron chi connectivity index (χ2n) is 8.05. The Morgan fingerprint density at radius 3 is 2.47 bits per heavy atom. The van der Waals surface area contributed by atoms with Gasteiger partial charge in [-0.25, -0.2) is 4.98 Å². The first-order valence-electron chi connectivity index (χ1n) is 10.2. The molecule has 6 aromatic rings. The second-order valence-corrected chi connectivity index (χ2v) is 9.13. The van der Waals surface area contributed by atoms with Crippen molar-refractivity contribution in [2.45, 2.75) is 9.79 Å². The highest BCUT2D eigenvalue weighted by Crippen LogP contribution is 2.36. The summed E-state index contributed by atoms with van der Waals surface area (Å²) in [6.45, 7) is 0.260. The summed E-state index contributed by atoms with van der Waals surface area (Å²) in [6.07, 6.45) is 0. The summed E-state index contributed by atoms with van der Waals surface area (Å²) in [6, 6.07) is 30.7. The average Bonchev–Trinajstić information content (AvgIpc) is 3.32. The Hall–Kier alpha value is -3.44. The zero-order valence-electron chi connectivity index (χ0n) is 15.9. The largest absolute Gasteiger partial charge is 0.279 e. The first-order valence-corrected chi connectivity index (χ1v) is 11.0. The van der Waals surface area contributed by atoms with Crippen LogP contribution in [0.15, 0.2) is 94.7 Å². The quantitative estimate of drug-likeness (QED) is 0.363. The molecule has 3 nitrogen and oxygen atoms in total. The van der Waals surface area contributed by atoms with Gasteiger partial charge in [0.2, 0.25) is 12.5 Å². The van der Waals surface area contributed by atoms with E-state index < -0.39 is 0 Å². The van der Waals surface area contributed by atoms with Crippen LogP contribution < -0.4 is 16.4 Å². The number of benzene rings is 4. The highest BCUT2D eigenvalue weighted by Gasteiger charge is 2.39. The molecule has 0 spiro atoms. The van der Waals surface area contributed by atoms with Crippen LogP contribution in [0.2, 0.25) is 0 Å². The predicted molar refractivity (Wildman–Crippen MR) is 125 cm³/mol. The van der Waals surface area contributed by atoms with Crippen LogP contribution in [0.1, 0.15) is 0 Å². The van der Waals surface area contributed by atoms with Gasteiger partial charge in [-0.1, -0.05) is 65.8 Å². The monoisotopic (exact) mass is 399 g/mol. The average molecular weight is 399 g/mol. The van der Waals surface area contributed by atoms with Crippen LogP contribution in [0.5, 0.6) is 0 Å². The lowest BCUT2D eigenvalue weighted by Crippen LogP contribution is -2.58. The zero-order chi connectivity index (χ0) is 19.4. The fraction of sp³-hybridized carbons (Fsp3) is 0. The first kappa shape index (κ1) is 15.4. The molecule has 5 heteroatoms. The SMILES string of the molecule is c1ccc2c(c1)Sc1cccc3c1B2c1cccc2c1n-3c1nc3ccccc3n21. The molecule has 0 radical (unpaired) electrons. The third-order valence-corrected chi connectivity index (χ3v) is 7.75. The van der Waals surface area contributed by atoms with Crippen LogP contribution in [-0.4, -0.2) is 20.7 Å². The van der Waals surface area contributed by atoms with Crippen molar-refractivity contribution in [1.29, 1.82) is 0 Å². The van der Waals surface area contributed by atoms with E-state index >= 15 is 0 Å². The molecule has 2 aliphatic heterocycles. The molecule has 4 heterocycles. The van der Waals surface area contributed by atoms with E-state index in [1.807, 2.05) is 11.8 Å². The second kappa shape index (κ2) is 5.18. The van der Waals surface area contributed by atoms with Crippen molar-refractivity contribution in [3.63, 3.8) is 0 Å². The Kier molecular flexibility index (Phi) is 2.66. The number of aromatic nitrogens is 3. The van der Waals surface area contributed by atoms with E-state index in [1.165, 1.54) is 42.9 Å². The van der Waals surface area contributed by atoms with Gasteiger partial charge in [0.05, 0.1) is 22.1 Å². The van der Waals surface area contributed by atoms with Gasteiger partial charge >= 0.3 is 0 Å². The third kappa shape index (κ3) is 1.66. The van der Waals surface area contributed by atoms with Crippen molar-refractivity contribution in [3.05, 3.63) is 84.9 Å². The van der Waals surface area contributed by atoms with Crippen LogP contribution in [0, 0.1) is 0 Å². The molecule has 138 valence electrons. The molecule has 0 bridgehead atoms. The fourth-order valence-corrected chi connectivity index (χ4v) is 6.62. The van der Waals surface area contributed by atoms with Crippen LogP contribution in [0.4, 0.5) is 0 Å². The smallest absolute Gasteiger partial charge is 0.249 e. The van der Waals surface area contributed by atoms with E-state index in [4.69, 9.17) is 4.98 Å². The van der Waals surface area contributed by atoms with Gasteiger partial charge in [-0.05, 0) is 47.3 Å². The van der Waals surface area contributed by atoms with Gasteiger partial charge < -0.3 is 0 Å². The molecule has 2 aromatic heterocycles. The van der Waals surface area contributed by atoms with E-state index in [1.54, 1.807) is 0 Å². The van der Waals surface area contributed by atoms with E-state index in [-0.39, 0.29) is 6.71 Å².